The van der Waals surface area contributed by atoms with Crippen molar-refractivity contribution in [2.24, 2.45) is 0 Å². The fraction of sp³-hybridized carbons (Fsp3) is 0.500. The van der Waals surface area contributed by atoms with E-state index < -0.39 is 29.8 Å². The molecule has 35 heavy (non-hydrogen) atoms. The Balaban J connectivity index is 0.000000429. The van der Waals surface area contributed by atoms with E-state index >= 15 is 0 Å². The zero-order valence-electron chi connectivity index (χ0n) is 18.0. The van der Waals surface area contributed by atoms with Gasteiger partial charge in [0.15, 0.2) is 0 Å². The first-order valence-electron chi connectivity index (χ1n) is 10.3. The number of alkyl halides is 6. The van der Waals surface area contributed by atoms with E-state index in [4.69, 9.17) is 19.1 Å². The number of aliphatic carboxylic acids is 1. The minimum Gasteiger partial charge on any atom is -0.490 e. The molecule has 1 aliphatic heterocycles. The first-order valence-corrected chi connectivity index (χ1v) is 10.3. The maximum Gasteiger partial charge on any atom is 0.490 e. The second kappa shape index (κ2) is 10.1. The molecule has 0 bridgehead atoms. The summed E-state index contributed by atoms with van der Waals surface area (Å²) in [4.78, 5) is 21.2. The normalized spacial score (nSPS) is 20.1. The fourth-order valence-electron chi connectivity index (χ4n) is 3.06. The summed E-state index contributed by atoms with van der Waals surface area (Å²) in [5.74, 6) is -3.59. The molecule has 1 aromatic heterocycles. The number of carboxylic acid groups (broad SMARTS) is 1. The Morgan fingerprint density at radius 3 is 2.34 bits per heavy atom. The molecule has 1 amide bonds. The van der Waals surface area contributed by atoms with Gasteiger partial charge in [0.2, 0.25) is 0 Å². The predicted octanol–water partition coefficient (Wildman–Crippen LogP) is 3.41. The van der Waals surface area contributed by atoms with Gasteiger partial charge in [-0.1, -0.05) is 0 Å². The molecular formula is C20H20F6N4O5. The maximum atomic E-state index is 13.1. The summed E-state index contributed by atoms with van der Waals surface area (Å²) in [6, 6.07) is 3.30. The number of amides is 1. The number of benzene rings is 1. The van der Waals surface area contributed by atoms with Gasteiger partial charge in [0, 0.05) is 18.6 Å². The third-order valence-electron chi connectivity index (χ3n) is 4.90. The Morgan fingerprint density at radius 2 is 1.83 bits per heavy atom. The summed E-state index contributed by atoms with van der Waals surface area (Å²) in [7, 11) is 0. The number of rotatable bonds is 5. The van der Waals surface area contributed by atoms with Crippen molar-refractivity contribution in [1.29, 1.82) is 0 Å². The SMILES string of the molecule is C[C@@H]1C[C@@H](NC(=O)c2nnc(-c3cc(C(F)(F)F)ccc3OC3CC3)o2)CN1.O=C(O)C(F)(F)F. The Kier molecular flexibility index (Phi) is 7.57. The van der Waals surface area contributed by atoms with E-state index in [9.17, 15) is 31.1 Å². The first kappa shape index (κ1) is 26.2. The molecule has 1 aromatic carbocycles. The number of carbonyl (C=O) groups is 2. The average molecular weight is 510 g/mol. The summed E-state index contributed by atoms with van der Waals surface area (Å²) in [5.41, 5.74) is -0.842. The van der Waals surface area contributed by atoms with Crippen LogP contribution in [0.15, 0.2) is 22.6 Å². The van der Waals surface area contributed by atoms with Gasteiger partial charge in [0.25, 0.3) is 5.89 Å². The van der Waals surface area contributed by atoms with Crippen LogP contribution in [0, 0.1) is 0 Å². The molecule has 0 radical (unpaired) electrons. The van der Waals surface area contributed by atoms with Gasteiger partial charge < -0.3 is 24.9 Å². The lowest BCUT2D eigenvalue weighted by atomic mass is 10.1. The molecule has 1 saturated heterocycles. The number of hydrogen-bond acceptors (Lipinski definition) is 7. The predicted molar refractivity (Wildman–Crippen MR) is 105 cm³/mol. The molecule has 3 N–H and O–H groups in total. The molecule has 192 valence electrons. The first-order chi connectivity index (χ1) is 16.2. The van der Waals surface area contributed by atoms with Crippen molar-refractivity contribution >= 4 is 11.9 Å². The van der Waals surface area contributed by atoms with Crippen LogP contribution in [0.4, 0.5) is 26.3 Å². The standard InChI is InChI=1S/C18H19F3N4O3.C2HF3O2/c1-9-6-11(8-22-9)23-15(26)17-25-24-16(28-17)13-7-10(18(19,20)21)2-5-14(13)27-12-3-4-12;3-2(4,5)1(6)7/h2,5,7,9,11-12,22H,3-4,6,8H2,1H3,(H,23,26);(H,6,7)/t9-,11-;/m1./s1. The van der Waals surface area contributed by atoms with E-state index in [1.807, 2.05) is 6.92 Å². The number of nitrogens with zero attached hydrogens (tertiary/aromatic N) is 2. The van der Waals surface area contributed by atoms with E-state index in [1.54, 1.807) is 0 Å². The molecule has 2 aliphatic rings. The molecule has 4 rings (SSSR count). The summed E-state index contributed by atoms with van der Waals surface area (Å²) >= 11 is 0. The number of ether oxygens (including phenoxy) is 1. The second-order valence-corrected chi connectivity index (χ2v) is 7.96. The van der Waals surface area contributed by atoms with Crippen LogP contribution in [0.25, 0.3) is 11.5 Å². The number of carbonyl (C=O) groups excluding carboxylic acids is 1. The molecule has 2 heterocycles. The molecule has 0 unspecified atom stereocenters. The quantitative estimate of drug-likeness (QED) is 0.523. The number of carboxylic acids is 1. The molecule has 1 aliphatic carbocycles. The molecular weight excluding hydrogens is 490 g/mol. The smallest absolute Gasteiger partial charge is 0.490 e. The number of hydrogen-bond donors (Lipinski definition) is 3. The monoisotopic (exact) mass is 510 g/mol. The highest BCUT2D eigenvalue weighted by atomic mass is 19.4. The molecule has 0 spiro atoms. The molecule has 9 nitrogen and oxygen atoms in total. The van der Waals surface area contributed by atoms with Crippen molar-refractivity contribution in [3.63, 3.8) is 0 Å². The number of nitrogens with one attached hydrogen (secondary N) is 2. The van der Waals surface area contributed by atoms with Gasteiger partial charge >= 0.3 is 30.1 Å². The molecule has 2 aromatic rings. The van der Waals surface area contributed by atoms with Crippen molar-refractivity contribution in [3.05, 3.63) is 29.7 Å². The Labute approximate surface area is 193 Å². The van der Waals surface area contributed by atoms with E-state index in [0.717, 1.165) is 31.4 Å². The highest BCUT2D eigenvalue weighted by molar-refractivity contribution is 5.90. The summed E-state index contributed by atoms with van der Waals surface area (Å²) in [5, 5.41) is 20.6. The van der Waals surface area contributed by atoms with Crippen molar-refractivity contribution in [2.75, 3.05) is 6.54 Å². The molecule has 1 saturated carbocycles. The summed E-state index contributed by atoms with van der Waals surface area (Å²) in [6.45, 7) is 2.63. The van der Waals surface area contributed by atoms with Gasteiger partial charge in [-0.15, -0.1) is 10.2 Å². The zero-order chi connectivity index (χ0) is 26.0. The van der Waals surface area contributed by atoms with Crippen LogP contribution in [-0.2, 0) is 11.0 Å². The third kappa shape index (κ3) is 7.31. The van der Waals surface area contributed by atoms with E-state index in [1.165, 1.54) is 6.07 Å². The lowest BCUT2D eigenvalue weighted by molar-refractivity contribution is -0.192. The van der Waals surface area contributed by atoms with Gasteiger partial charge in [-0.2, -0.15) is 26.3 Å². The topological polar surface area (TPSA) is 127 Å². The van der Waals surface area contributed by atoms with Crippen LogP contribution in [-0.4, -0.2) is 58.1 Å². The van der Waals surface area contributed by atoms with Crippen LogP contribution in [0.3, 0.4) is 0 Å². The van der Waals surface area contributed by atoms with Crippen LogP contribution < -0.4 is 15.4 Å². The minimum atomic E-state index is -5.08. The van der Waals surface area contributed by atoms with Gasteiger partial charge in [0.05, 0.1) is 17.2 Å². The largest absolute Gasteiger partial charge is 0.490 e. The third-order valence-corrected chi connectivity index (χ3v) is 4.90. The van der Waals surface area contributed by atoms with Crippen LogP contribution in [0.1, 0.15) is 42.4 Å². The van der Waals surface area contributed by atoms with Crippen LogP contribution >= 0.6 is 0 Å². The van der Waals surface area contributed by atoms with Gasteiger partial charge in [-0.05, 0) is 44.4 Å². The number of halogens is 6. The number of aromatic nitrogens is 2. The maximum absolute atomic E-state index is 13.1. The van der Waals surface area contributed by atoms with Crippen molar-refractivity contribution in [2.45, 2.75) is 56.7 Å². The highest BCUT2D eigenvalue weighted by Gasteiger charge is 2.38. The zero-order valence-corrected chi connectivity index (χ0v) is 18.0. The van der Waals surface area contributed by atoms with Crippen LogP contribution in [0.2, 0.25) is 0 Å². The van der Waals surface area contributed by atoms with E-state index in [2.05, 4.69) is 20.8 Å². The Hall–Kier alpha value is -3.36. The van der Waals surface area contributed by atoms with Crippen molar-refractivity contribution < 1.29 is 50.2 Å². The lowest BCUT2D eigenvalue weighted by Gasteiger charge is -2.12. The van der Waals surface area contributed by atoms with Crippen molar-refractivity contribution in [3.8, 4) is 17.2 Å². The Morgan fingerprint density at radius 1 is 1.17 bits per heavy atom. The van der Waals surface area contributed by atoms with Gasteiger partial charge in [-0.3, -0.25) is 4.79 Å². The Bertz CT molecular complexity index is 1070. The summed E-state index contributed by atoms with van der Waals surface area (Å²) in [6.07, 6.45) is -7.20. The lowest BCUT2D eigenvalue weighted by Crippen LogP contribution is -2.36. The molecule has 2 fully saturated rings. The average Bonchev–Trinajstić information content (AvgIpc) is 3.26. The van der Waals surface area contributed by atoms with Crippen LogP contribution in [0.5, 0.6) is 5.75 Å². The van der Waals surface area contributed by atoms with Gasteiger partial charge in [-0.25, -0.2) is 4.79 Å². The minimum absolute atomic E-state index is 0.0180. The summed E-state index contributed by atoms with van der Waals surface area (Å²) < 4.78 is 82.1. The molecule has 15 heteroatoms. The van der Waals surface area contributed by atoms with Crippen molar-refractivity contribution in [1.82, 2.24) is 20.8 Å². The van der Waals surface area contributed by atoms with Gasteiger partial charge in [0.1, 0.15) is 5.75 Å². The highest BCUT2D eigenvalue weighted by Crippen LogP contribution is 2.39. The fourth-order valence-corrected chi connectivity index (χ4v) is 3.06. The van der Waals surface area contributed by atoms with E-state index in [-0.39, 0.29) is 41.3 Å². The second-order valence-electron chi connectivity index (χ2n) is 7.96. The van der Waals surface area contributed by atoms with E-state index in [0.29, 0.717) is 6.54 Å². The molecule has 2 atom stereocenters.